The molecule has 0 radical (unpaired) electrons. The van der Waals surface area contributed by atoms with E-state index in [4.69, 9.17) is 23.2 Å². The van der Waals surface area contributed by atoms with Crippen molar-refractivity contribution in [3.63, 3.8) is 0 Å². The normalized spacial score (nSPS) is 19.0. The number of hydrogen-bond donors (Lipinski definition) is 1. The Balaban J connectivity index is 1.90. The summed E-state index contributed by atoms with van der Waals surface area (Å²) in [6.07, 6.45) is 2.32. The molecule has 0 amide bonds. The number of halogens is 2. The third kappa shape index (κ3) is 2.87. The van der Waals surface area contributed by atoms with Gasteiger partial charge < -0.3 is 5.11 Å². The summed E-state index contributed by atoms with van der Waals surface area (Å²) < 4.78 is 0. The summed E-state index contributed by atoms with van der Waals surface area (Å²) in [5.74, 6) is 0.398. The molecular formula is C17H14Cl2N2O. The van der Waals surface area contributed by atoms with Crippen molar-refractivity contribution >= 4 is 35.1 Å². The van der Waals surface area contributed by atoms with Gasteiger partial charge >= 0.3 is 0 Å². The van der Waals surface area contributed by atoms with E-state index in [1.807, 2.05) is 12.1 Å². The first-order chi connectivity index (χ1) is 10.6. The standard InChI is InChI=1S/C17H14Cl2N2O/c1-10-6-16(14-5-3-2-4-13(10)14)21-20-9-11-7-12(18)8-15(19)17(11)22/h2-5,7-10,22H,6H2,1H3. The second-order valence-electron chi connectivity index (χ2n) is 5.31. The molecule has 2 aromatic carbocycles. The van der Waals surface area contributed by atoms with E-state index in [2.05, 4.69) is 29.3 Å². The Hall–Kier alpha value is -1.84. The highest BCUT2D eigenvalue weighted by molar-refractivity contribution is 6.36. The number of hydrogen-bond acceptors (Lipinski definition) is 3. The second kappa shape index (κ2) is 6.11. The van der Waals surface area contributed by atoms with Crippen molar-refractivity contribution in [1.82, 2.24) is 0 Å². The molecule has 5 heteroatoms. The Morgan fingerprint density at radius 2 is 2.00 bits per heavy atom. The minimum absolute atomic E-state index is 0.0461. The SMILES string of the molecule is CC1CC(=NN=Cc2cc(Cl)cc(Cl)c2O)c2ccccc21. The van der Waals surface area contributed by atoms with E-state index < -0.39 is 0 Å². The Kier molecular flexibility index (Phi) is 4.19. The molecule has 112 valence electrons. The van der Waals surface area contributed by atoms with Crippen molar-refractivity contribution < 1.29 is 5.11 Å². The minimum atomic E-state index is -0.0461. The molecule has 0 saturated carbocycles. The summed E-state index contributed by atoms with van der Waals surface area (Å²) in [5, 5.41) is 18.9. The molecule has 0 saturated heterocycles. The Bertz CT molecular complexity index is 784. The summed E-state index contributed by atoms with van der Waals surface area (Å²) in [6.45, 7) is 2.17. The van der Waals surface area contributed by atoms with E-state index >= 15 is 0 Å². The van der Waals surface area contributed by atoms with E-state index in [1.54, 1.807) is 6.07 Å². The van der Waals surface area contributed by atoms with Crippen LogP contribution in [0, 0.1) is 0 Å². The molecule has 1 atom stereocenters. The molecule has 0 bridgehead atoms. The van der Waals surface area contributed by atoms with Gasteiger partial charge in [0.15, 0.2) is 0 Å². The smallest absolute Gasteiger partial charge is 0.143 e. The second-order valence-corrected chi connectivity index (χ2v) is 6.15. The molecule has 3 nitrogen and oxygen atoms in total. The quantitative estimate of drug-likeness (QED) is 0.608. The molecule has 22 heavy (non-hydrogen) atoms. The molecule has 2 aromatic rings. The van der Waals surface area contributed by atoms with Gasteiger partial charge in [0.05, 0.1) is 16.9 Å². The average molecular weight is 333 g/mol. The molecule has 0 aromatic heterocycles. The topological polar surface area (TPSA) is 45.0 Å². The number of fused-ring (bicyclic) bond motifs is 1. The maximum atomic E-state index is 9.88. The predicted molar refractivity (Wildman–Crippen MR) is 91.7 cm³/mol. The Morgan fingerprint density at radius 3 is 2.82 bits per heavy atom. The largest absolute Gasteiger partial charge is 0.506 e. The first kappa shape index (κ1) is 15.1. The van der Waals surface area contributed by atoms with Gasteiger partial charge in [0.2, 0.25) is 0 Å². The molecule has 0 heterocycles. The maximum Gasteiger partial charge on any atom is 0.143 e. The van der Waals surface area contributed by atoms with Gasteiger partial charge in [-0.2, -0.15) is 10.2 Å². The number of phenols is 1. The van der Waals surface area contributed by atoms with E-state index in [-0.39, 0.29) is 10.8 Å². The van der Waals surface area contributed by atoms with Crippen molar-refractivity contribution in [3.05, 3.63) is 63.1 Å². The summed E-state index contributed by atoms with van der Waals surface area (Å²) in [6, 6.07) is 11.3. The summed E-state index contributed by atoms with van der Waals surface area (Å²) in [7, 11) is 0. The molecule has 1 N–H and O–H groups in total. The number of rotatable bonds is 2. The van der Waals surface area contributed by atoms with Crippen LogP contribution in [-0.4, -0.2) is 17.0 Å². The van der Waals surface area contributed by atoms with Crippen LogP contribution in [0.3, 0.4) is 0 Å². The predicted octanol–water partition coefficient (Wildman–Crippen LogP) is 5.03. The lowest BCUT2D eigenvalue weighted by atomic mass is 10.0. The van der Waals surface area contributed by atoms with Crippen LogP contribution in [0.15, 0.2) is 46.6 Å². The van der Waals surface area contributed by atoms with Crippen LogP contribution in [0.25, 0.3) is 0 Å². The number of benzene rings is 2. The Morgan fingerprint density at radius 1 is 1.23 bits per heavy atom. The van der Waals surface area contributed by atoms with Crippen molar-refractivity contribution in [2.75, 3.05) is 0 Å². The number of phenolic OH excluding ortho intramolecular Hbond substituents is 1. The zero-order valence-corrected chi connectivity index (χ0v) is 13.4. The summed E-state index contributed by atoms with van der Waals surface area (Å²) >= 11 is 11.8. The van der Waals surface area contributed by atoms with Crippen molar-refractivity contribution in [1.29, 1.82) is 0 Å². The third-order valence-electron chi connectivity index (χ3n) is 3.74. The van der Waals surface area contributed by atoms with E-state index in [0.29, 0.717) is 16.5 Å². The monoisotopic (exact) mass is 332 g/mol. The van der Waals surface area contributed by atoms with Crippen LogP contribution in [0.1, 0.15) is 36.0 Å². The van der Waals surface area contributed by atoms with Crippen LogP contribution >= 0.6 is 23.2 Å². The van der Waals surface area contributed by atoms with Gasteiger partial charge in [-0.3, -0.25) is 0 Å². The first-order valence-corrected chi connectivity index (χ1v) is 7.69. The zero-order valence-electron chi connectivity index (χ0n) is 11.9. The average Bonchev–Trinajstić information content (AvgIpc) is 2.81. The van der Waals surface area contributed by atoms with Gasteiger partial charge in [-0.15, -0.1) is 0 Å². The highest BCUT2D eigenvalue weighted by Gasteiger charge is 2.23. The molecule has 1 unspecified atom stereocenters. The highest BCUT2D eigenvalue weighted by atomic mass is 35.5. The third-order valence-corrected chi connectivity index (χ3v) is 4.24. The summed E-state index contributed by atoms with van der Waals surface area (Å²) in [4.78, 5) is 0. The van der Waals surface area contributed by atoms with Crippen LogP contribution in [0.5, 0.6) is 5.75 Å². The van der Waals surface area contributed by atoms with Crippen molar-refractivity contribution in [3.8, 4) is 5.75 Å². The van der Waals surface area contributed by atoms with Crippen LogP contribution < -0.4 is 0 Å². The lowest BCUT2D eigenvalue weighted by Crippen LogP contribution is -1.93. The van der Waals surface area contributed by atoms with Gasteiger partial charge in [-0.1, -0.05) is 54.4 Å². The van der Waals surface area contributed by atoms with E-state index in [0.717, 1.165) is 17.7 Å². The lowest BCUT2D eigenvalue weighted by Gasteiger charge is -2.01. The first-order valence-electron chi connectivity index (χ1n) is 6.93. The minimum Gasteiger partial charge on any atom is -0.506 e. The van der Waals surface area contributed by atoms with E-state index in [1.165, 1.54) is 17.8 Å². The van der Waals surface area contributed by atoms with Gasteiger partial charge in [-0.05, 0) is 30.0 Å². The van der Waals surface area contributed by atoms with Crippen LogP contribution in [-0.2, 0) is 0 Å². The fourth-order valence-corrected chi connectivity index (χ4v) is 3.15. The molecular weight excluding hydrogens is 319 g/mol. The number of nitrogens with zero attached hydrogens (tertiary/aromatic N) is 2. The van der Waals surface area contributed by atoms with Crippen molar-refractivity contribution in [2.45, 2.75) is 19.3 Å². The van der Waals surface area contributed by atoms with Gasteiger partial charge in [0.25, 0.3) is 0 Å². The van der Waals surface area contributed by atoms with Crippen LogP contribution in [0.4, 0.5) is 0 Å². The zero-order chi connectivity index (χ0) is 15.7. The van der Waals surface area contributed by atoms with E-state index in [9.17, 15) is 5.11 Å². The molecule has 1 aliphatic rings. The molecule has 0 spiro atoms. The van der Waals surface area contributed by atoms with Crippen LogP contribution in [0.2, 0.25) is 10.0 Å². The lowest BCUT2D eigenvalue weighted by molar-refractivity contribution is 0.474. The molecule has 0 fully saturated rings. The fourth-order valence-electron chi connectivity index (χ4n) is 2.64. The van der Waals surface area contributed by atoms with Crippen molar-refractivity contribution in [2.24, 2.45) is 10.2 Å². The highest BCUT2D eigenvalue weighted by Crippen LogP contribution is 2.33. The Labute approximate surface area is 138 Å². The molecule has 1 aliphatic carbocycles. The van der Waals surface area contributed by atoms with Gasteiger partial charge in [-0.25, -0.2) is 0 Å². The molecule has 3 rings (SSSR count). The van der Waals surface area contributed by atoms with Gasteiger partial charge in [0, 0.05) is 16.1 Å². The fraction of sp³-hybridized carbons (Fsp3) is 0.176. The summed E-state index contributed by atoms with van der Waals surface area (Å²) in [5.41, 5.74) is 3.83. The number of aromatic hydroxyl groups is 1. The maximum absolute atomic E-state index is 9.88. The molecule has 0 aliphatic heterocycles. The van der Waals surface area contributed by atoms with Gasteiger partial charge in [0.1, 0.15) is 5.75 Å².